The first-order chi connectivity index (χ1) is 8.99. The Morgan fingerprint density at radius 3 is 2.74 bits per heavy atom. The molecule has 104 valence electrons. The van der Waals surface area contributed by atoms with Gasteiger partial charge in [-0.15, -0.1) is 0 Å². The molecule has 1 aliphatic rings. The predicted molar refractivity (Wildman–Crippen MR) is 69.6 cm³/mol. The molecule has 0 spiro atoms. The van der Waals surface area contributed by atoms with E-state index < -0.39 is 22.9 Å². The summed E-state index contributed by atoms with van der Waals surface area (Å²) in [5, 5.41) is 20.7. The Hall–Kier alpha value is -1.21. The molecule has 0 bridgehead atoms. The van der Waals surface area contributed by atoms with E-state index in [4.69, 9.17) is 4.74 Å². The minimum absolute atomic E-state index is 0.00995. The average molecular weight is 334 g/mol. The van der Waals surface area contributed by atoms with Gasteiger partial charge in [-0.1, -0.05) is 6.42 Å². The number of aliphatic hydroxyl groups is 1. The van der Waals surface area contributed by atoms with E-state index in [1.165, 1.54) is 0 Å². The minimum atomic E-state index is -0.667. The highest BCUT2D eigenvalue weighted by Crippen LogP contribution is 2.35. The fourth-order valence-corrected chi connectivity index (χ4v) is 2.46. The Labute approximate surface area is 117 Å². The Balaban J connectivity index is 2.27. The van der Waals surface area contributed by atoms with E-state index in [-0.39, 0.29) is 15.9 Å². The van der Waals surface area contributed by atoms with Crippen molar-refractivity contribution in [3.63, 3.8) is 0 Å². The van der Waals surface area contributed by atoms with Gasteiger partial charge in [-0.25, -0.2) is 4.39 Å². The predicted octanol–water partition coefficient (Wildman–Crippen LogP) is 3.18. The lowest BCUT2D eigenvalue weighted by molar-refractivity contribution is -0.386. The van der Waals surface area contributed by atoms with Crippen molar-refractivity contribution >= 4 is 21.6 Å². The second-order valence-electron chi connectivity index (χ2n) is 4.50. The number of hydrogen-bond donors (Lipinski definition) is 1. The van der Waals surface area contributed by atoms with Crippen LogP contribution in [0.25, 0.3) is 0 Å². The van der Waals surface area contributed by atoms with Crippen LogP contribution in [0.15, 0.2) is 16.6 Å². The largest absolute Gasteiger partial charge is 0.481 e. The van der Waals surface area contributed by atoms with Gasteiger partial charge in [-0.05, 0) is 35.2 Å². The number of hydrogen-bond acceptors (Lipinski definition) is 4. The van der Waals surface area contributed by atoms with Gasteiger partial charge in [0.1, 0.15) is 11.9 Å². The zero-order valence-corrected chi connectivity index (χ0v) is 11.6. The van der Waals surface area contributed by atoms with Crippen molar-refractivity contribution in [3.8, 4) is 5.75 Å². The van der Waals surface area contributed by atoms with Crippen molar-refractivity contribution in [3.05, 3.63) is 32.5 Å². The van der Waals surface area contributed by atoms with E-state index in [0.717, 1.165) is 25.0 Å². The summed E-state index contributed by atoms with van der Waals surface area (Å²) in [6, 6.07) is 2.05. The summed E-state index contributed by atoms with van der Waals surface area (Å²) < 4.78 is 18.9. The molecule has 1 fully saturated rings. The van der Waals surface area contributed by atoms with Crippen LogP contribution >= 0.6 is 15.9 Å². The molecule has 2 rings (SSSR count). The van der Waals surface area contributed by atoms with Crippen molar-refractivity contribution in [2.45, 2.75) is 37.9 Å². The number of nitro groups is 1. The second kappa shape index (κ2) is 5.83. The summed E-state index contributed by atoms with van der Waals surface area (Å²) in [5.74, 6) is -0.775. The molecule has 1 saturated carbocycles. The van der Waals surface area contributed by atoms with Crippen LogP contribution < -0.4 is 4.74 Å². The van der Waals surface area contributed by atoms with E-state index in [1.807, 2.05) is 0 Å². The standard InChI is InChI=1S/C12H13BrFNO4/c13-7-5-9(15(17)18)12(6-8(7)14)19-11-4-2-1-3-10(11)16/h5-6,10-11,16H,1-4H2. The van der Waals surface area contributed by atoms with E-state index in [2.05, 4.69) is 15.9 Å². The highest BCUT2D eigenvalue weighted by Gasteiger charge is 2.28. The highest BCUT2D eigenvalue weighted by molar-refractivity contribution is 9.10. The molecule has 1 N–H and O–H groups in total. The zero-order chi connectivity index (χ0) is 14.0. The first-order valence-electron chi connectivity index (χ1n) is 5.97. The molecule has 2 unspecified atom stereocenters. The number of ether oxygens (including phenoxy) is 1. The van der Waals surface area contributed by atoms with Crippen LogP contribution in [0.5, 0.6) is 5.75 Å². The molecule has 0 aromatic heterocycles. The maximum Gasteiger partial charge on any atom is 0.312 e. The van der Waals surface area contributed by atoms with Crippen LogP contribution in [-0.2, 0) is 0 Å². The lowest BCUT2D eigenvalue weighted by atomic mass is 9.95. The second-order valence-corrected chi connectivity index (χ2v) is 5.35. The number of benzene rings is 1. The summed E-state index contributed by atoms with van der Waals surface area (Å²) in [5.41, 5.74) is -0.314. The van der Waals surface area contributed by atoms with Crippen molar-refractivity contribution in [2.24, 2.45) is 0 Å². The van der Waals surface area contributed by atoms with Crippen LogP contribution in [0, 0.1) is 15.9 Å². The maximum absolute atomic E-state index is 13.5. The molecule has 1 aromatic rings. The lowest BCUT2D eigenvalue weighted by Gasteiger charge is -2.28. The third-order valence-corrected chi connectivity index (χ3v) is 3.75. The van der Waals surface area contributed by atoms with Gasteiger partial charge in [0.15, 0.2) is 5.75 Å². The van der Waals surface area contributed by atoms with Crippen LogP contribution in [0.3, 0.4) is 0 Å². The maximum atomic E-state index is 13.5. The summed E-state index contributed by atoms with van der Waals surface area (Å²) in [4.78, 5) is 10.3. The average Bonchev–Trinajstić information content (AvgIpc) is 2.36. The van der Waals surface area contributed by atoms with Gasteiger partial charge in [0.05, 0.1) is 15.5 Å². The zero-order valence-electron chi connectivity index (χ0n) is 10.0. The van der Waals surface area contributed by atoms with Crippen LogP contribution in [0.4, 0.5) is 10.1 Å². The van der Waals surface area contributed by atoms with E-state index in [0.29, 0.717) is 12.8 Å². The molecule has 0 saturated heterocycles. The number of nitro benzene ring substituents is 1. The van der Waals surface area contributed by atoms with Crippen molar-refractivity contribution in [1.29, 1.82) is 0 Å². The fraction of sp³-hybridized carbons (Fsp3) is 0.500. The monoisotopic (exact) mass is 333 g/mol. The van der Waals surface area contributed by atoms with Gasteiger partial charge < -0.3 is 9.84 Å². The Morgan fingerprint density at radius 2 is 2.11 bits per heavy atom. The first kappa shape index (κ1) is 14.2. The van der Waals surface area contributed by atoms with Gasteiger partial charge in [0.2, 0.25) is 0 Å². The Bertz CT molecular complexity index is 497. The summed E-state index contributed by atoms with van der Waals surface area (Å²) in [6.45, 7) is 0. The van der Waals surface area contributed by atoms with Crippen LogP contribution in [0.2, 0.25) is 0 Å². The highest BCUT2D eigenvalue weighted by atomic mass is 79.9. The molecule has 2 atom stereocenters. The van der Waals surface area contributed by atoms with Crippen LogP contribution in [0.1, 0.15) is 25.7 Å². The quantitative estimate of drug-likeness (QED) is 0.681. The van der Waals surface area contributed by atoms with Crippen molar-refractivity contribution < 1.29 is 19.2 Å². The minimum Gasteiger partial charge on any atom is -0.481 e. The van der Waals surface area contributed by atoms with Gasteiger partial charge in [-0.3, -0.25) is 10.1 Å². The molecule has 0 aliphatic heterocycles. The van der Waals surface area contributed by atoms with E-state index in [9.17, 15) is 19.6 Å². The third-order valence-electron chi connectivity index (χ3n) is 3.14. The third kappa shape index (κ3) is 3.22. The molecule has 7 heteroatoms. The smallest absolute Gasteiger partial charge is 0.312 e. The number of aliphatic hydroxyl groups excluding tert-OH is 1. The summed E-state index contributed by atoms with van der Waals surface area (Å²) in [6.07, 6.45) is 1.80. The molecule has 1 aromatic carbocycles. The lowest BCUT2D eigenvalue weighted by Crippen LogP contribution is -2.34. The van der Waals surface area contributed by atoms with Crippen LogP contribution in [-0.4, -0.2) is 22.2 Å². The molecule has 0 amide bonds. The van der Waals surface area contributed by atoms with Gasteiger partial charge in [0, 0.05) is 12.1 Å². The Kier molecular flexibility index (Phi) is 4.36. The van der Waals surface area contributed by atoms with Crippen molar-refractivity contribution in [1.82, 2.24) is 0 Å². The van der Waals surface area contributed by atoms with Gasteiger partial charge in [0.25, 0.3) is 0 Å². The molecule has 0 radical (unpaired) electrons. The first-order valence-corrected chi connectivity index (χ1v) is 6.76. The van der Waals surface area contributed by atoms with E-state index >= 15 is 0 Å². The van der Waals surface area contributed by atoms with Crippen molar-refractivity contribution in [2.75, 3.05) is 0 Å². The molecular weight excluding hydrogens is 321 g/mol. The number of rotatable bonds is 3. The topological polar surface area (TPSA) is 72.6 Å². The Morgan fingerprint density at radius 1 is 1.42 bits per heavy atom. The molecular formula is C12H13BrFNO4. The summed E-state index contributed by atoms with van der Waals surface area (Å²) in [7, 11) is 0. The summed E-state index contributed by atoms with van der Waals surface area (Å²) >= 11 is 2.90. The molecule has 5 nitrogen and oxygen atoms in total. The van der Waals surface area contributed by atoms with Gasteiger partial charge >= 0.3 is 5.69 Å². The van der Waals surface area contributed by atoms with E-state index in [1.54, 1.807) is 0 Å². The number of halogens is 2. The molecule has 19 heavy (non-hydrogen) atoms. The fourth-order valence-electron chi connectivity index (χ4n) is 2.13. The SMILES string of the molecule is O=[N+]([O-])c1cc(Br)c(F)cc1OC1CCCCC1O. The molecule has 1 aliphatic carbocycles. The normalized spacial score (nSPS) is 23.1. The number of nitrogens with zero attached hydrogens (tertiary/aromatic N) is 1. The van der Waals surface area contributed by atoms with Gasteiger partial charge in [-0.2, -0.15) is 0 Å². The molecule has 0 heterocycles.